The molecule has 0 aromatic heterocycles. The summed E-state index contributed by atoms with van der Waals surface area (Å²) in [5.74, 6) is 2.12. The maximum Gasteiger partial charge on any atom is -0.00463 e. The molecule has 1 aromatic carbocycles. The largest absolute Gasteiger partial charge is 0.0654 e. The van der Waals surface area contributed by atoms with Crippen LogP contribution in [0.5, 0.6) is 0 Å². The van der Waals surface area contributed by atoms with Gasteiger partial charge in [-0.2, -0.15) is 0 Å². The molecule has 0 spiro atoms. The molecule has 2 bridgehead atoms. The van der Waals surface area contributed by atoms with Crippen molar-refractivity contribution < 1.29 is 0 Å². The molecule has 4 saturated carbocycles. The first-order chi connectivity index (χ1) is 14.2. The first kappa shape index (κ1) is 21.5. The van der Waals surface area contributed by atoms with Crippen LogP contribution in [0, 0.1) is 17.3 Å². The summed E-state index contributed by atoms with van der Waals surface area (Å²) in [7, 11) is 0. The van der Waals surface area contributed by atoms with E-state index in [9.17, 15) is 0 Å². The molecular formula is C29H46. The van der Waals surface area contributed by atoms with Gasteiger partial charge in [-0.15, -0.1) is 0 Å². The summed E-state index contributed by atoms with van der Waals surface area (Å²) in [5, 5.41) is 0. The number of hydrogen-bond donors (Lipinski definition) is 0. The van der Waals surface area contributed by atoms with Crippen molar-refractivity contribution in [3.63, 3.8) is 0 Å². The van der Waals surface area contributed by atoms with Crippen LogP contribution in [-0.2, 0) is 11.8 Å². The molecule has 0 heteroatoms. The van der Waals surface area contributed by atoms with Crippen molar-refractivity contribution >= 4 is 0 Å². The molecule has 0 amide bonds. The van der Waals surface area contributed by atoms with Crippen LogP contribution in [0.25, 0.3) is 0 Å². The normalized spacial score (nSPS) is 34.4. The maximum atomic E-state index is 2.50. The van der Waals surface area contributed by atoms with E-state index >= 15 is 0 Å². The molecule has 0 atom stereocenters. The van der Waals surface area contributed by atoms with Crippen LogP contribution in [0.1, 0.15) is 128 Å². The molecule has 0 N–H and O–H groups in total. The molecule has 4 fully saturated rings. The predicted molar refractivity (Wildman–Crippen MR) is 126 cm³/mol. The van der Waals surface area contributed by atoms with Crippen LogP contribution in [-0.4, -0.2) is 0 Å². The zero-order chi connectivity index (χ0) is 20.2. The minimum absolute atomic E-state index is 0.530. The monoisotopic (exact) mass is 394 g/mol. The van der Waals surface area contributed by atoms with E-state index < -0.39 is 0 Å². The van der Waals surface area contributed by atoms with E-state index in [0.717, 1.165) is 17.3 Å². The Morgan fingerprint density at radius 3 is 1.93 bits per heavy atom. The van der Waals surface area contributed by atoms with Gasteiger partial charge in [0.15, 0.2) is 0 Å². The van der Waals surface area contributed by atoms with E-state index in [4.69, 9.17) is 0 Å². The molecule has 0 saturated heterocycles. The lowest BCUT2D eigenvalue weighted by molar-refractivity contribution is -0.0294. The van der Waals surface area contributed by atoms with Crippen LogP contribution >= 0.6 is 0 Å². The molecule has 0 heterocycles. The Hall–Kier alpha value is -0.780. The Morgan fingerprint density at radius 2 is 1.34 bits per heavy atom. The van der Waals surface area contributed by atoms with Gasteiger partial charge in [0.1, 0.15) is 0 Å². The third-order valence-electron chi connectivity index (χ3n) is 9.62. The quantitative estimate of drug-likeness (QED) is 0.366. The Bertz CT molecular complexity index is 591. The fourth-order valence-corrected chi connectivity index (χ4v) is 7.41. The molecule has 4 aliphatic rings. The van der Waals surface area contributed by atoms with E-state index in [-0.39, 0.29) is 0 Å². The van der Waals surface area contributed by atoms with Gasteiger partial charge in [0.05, 0.1) is 0 Å². The Balaban J connectivity index is 1.32. The summed E-state index contributed by atoms with van der Waals surface area (Å²) < 4.78 is 0. The smallest absolute Gasteiger partial charge is 0.00463 e. The van der Waals surface area contributed by atoms with E-state index in [1.807, 2.05) is 0 Å². The van der Waals surface area contributed by atoms with Gasteiger partial charge in [0.2, 0.25) is 0 Å². The highest BCUT2D eigenvalue weighted by atomic mass is 14.6. The predicted octanol–water partition coefficient (Wildman–Crippen LogP) is 9.01. The fraction of sp³-hybridized carbons (Fsp3) is 0.793. The first-order valence-electron chi connectivity index (χ1n) is 13.3. The average molecular weight is 395 g/mol. The number of hydrogen-bond acceptors (Lipinski definition) is 0. The maximum absolute atomic E-state index is 2.50. The lowest BCUT2D eigenvalue weighted by Gasteiger charge is -2.58. The highest BCUT2D eigenvalue weighted by molar-refractivity contribution is 5.31. The zero-order valence-corrected chi connectivity index (χ0v) is 19.5. The summed E-state index contributed by atoms with van der Waals surface area (Å²) in [5.41, 5.74) is 4.48. The molecule has 0 radical (unpaired) electrons. The molecule has 4 aliphatic carbocycles. The second-order valence-corrected chi connectivity index (χ2v) is 11.2. The Morgan fingerprint density at radius 1 is 0.724 bits per heavy atom. The number of unbranched alkanes of at least 4 members (excludes halogenated alkanes) is 3. The van der Waals surface area contributed by atoms with Gasteiger partial charge >= 0.3 is 0 Å². The van der Waals surface area contributed by atoms with Crippen LogP contribution < -0.4 is 0 Å². The van der Waals surface area contributed by atoms with Gasteiger partial charge in [-0.3, -0.25) is 0 Å². The minimum atomic E-state index is 0.530. The van der Waals surface area contributed by atoms with Crippen molar-refractivity contribution in [3.05, 3.63) is 35.4 Å². The number of benzene rings is 1. The van der Waals surface area contributed by atoms with Crippen LogP contribution in [0.3, 0.4) is 0 Å². The second-order valence-electron chi connectivity index (χ2n) is 11.2. The minimum Gasteiger partial charge on any atom is -0.0654 e. The van der Waals surface area contributed by atoms with Crippen LogP contribution in [0.2, 0.25) is 0 Å². The van der Waals surface area contributed by atoms with Crippen molar-refractivity contribution in [2.75, 3.05) is 0 Å². The molecule has 1 aromatic rings. The van der Waals surface area contributed by atoms with E-state index in [1.54, 1.807) is 36.8 Å². The molecule has 29 heavy (non-hydrogen) atoms. The third kappa shape index (κ3) is 4.62. The van der Waals surface area contributed by atoms with Crippen LogP contribution in [0.15, 0.2) is 24.3 Å². The Labute approximate surface area is 181 Å². The summed E-state index contributed by atoms with van der Waals surface area (Å²) in [6, 6.07) is 9.89. The lowest BCUT2D eigenvalue weighted by atomic mass is 9.47. The second kappa shape index (κ2) is 9.57. The molecule has 0 unspecified atom stereocenters. The van der Waals surface area contributed by atoms with Crippen molar-refractivity contribution in [1.29, 1.82) is 0 Å². The molecule has 5 rings (SSSR count). The lowest BCUT2D eigenvalue weighted by Crippen LogP contribution is -2.48. The van der Waals surface area contributed by atoms with Crippen molar-refractivity contribution in [2.24, 2.45) is 17.3 Å². The van der Waals surface area contributed by atoms with Gasteiger partial charge in [-0.25, -0.2) is 0 Å². The van der Waals surface area contributed by atoms with Crippen LogP contribution in [0.4, 0.5) is 0 Å². The van der Waals surface area contributed by atoms with Gasteiger partial charge in [-0.05, 0) is 98.0 Å². The molecule has 162 valence electrons. The summed E-state index contributed by atoms with van der Waals surface area (Å²) in [4.78, 5) is 0. The van der Waals surface area contributed by atoms with Gasteiger partial charge in [0, 0.05) is 0 Å². The molecular weight excluding hydrogens is 348 g/mol. The van der Waals surface area contributed by atoms with E-state index in [0.29, 0.717) is 5.41 Å². The van der Waals surface area contributed by atoms with Crippen molar-refractivity contribution in [3.8, 4) is 0 Å². The van der Waals surface area contributed by atoms with Gasteiger partial charge in [-0.1, -0.05) is 83.1 Å². The fourth-order valence-electron chi connectivity index (χ4n) is 7.41. The highest BCUT2D eigenvalue weighted by Crippen LogP contribution is 2.62. The zero-order valence-electron chi connectivity index (χ0n) is 19.5. The van der Waals surface area contributed by atoms with Crippen molar-refractivity contribution in [1.82, 2.24) is 0 Å². The Kier molecular flexibility index (Phi) is 7.08. The number of fused-ring (bicyclic) bond motifs is 3. The van der Waals surface area contributed by atoms with E-state index in [2.05, 4.69) is 38.1 Å². The topological polar surface area (TPSA) is 0 Å². The average Bonchev–Trinajstić information content (AvgIpc) is 2.80. The molecule has 0 nitrogen and oxygen atoms in total. The summed E-state index contributed by atoms with van der Waals surface area (Å²) in [6.07, 6.45) is 24.9. The number of rotatable bonds is 9. The SMILES string of the molecule is CCCCCC1CCC(C23CCC(c4ccc(CCCC)cc4)(CC2)CC3)CC1. The third-order valence-corrected chi connectivity index (χ3v) is 9.62. The van der Waals surface area contributed by atoms with E-state index in [1.165, 1.54) is 83.5 Å². The first-order valence-corrected chi connectivity index (χ1v) is 13.3. The molecule has 0 aliphatic heterocycles. The van der Waals surface area contributed by atoms with Gasteiger partial charge < -0.3 is 0 Å². The summed E-state index contributed by atoms with van der Waals surface area (Å²) in [6.45, 7) is 4.63. The van der Waals surface area contributed by atoms with Gasteiger partial charge in [0.25, 0.3) is 0 Å². The number of aryl methyl sites for hydroxylation is 1. The standard InChI is InChI=1S/C29H46/c1-3-5-7-9-25-12-16-27(17-13-25)29-21-18-28(19-22-29,20-23-29)26-14-10-24(11-15-26)8-6-4-2/h10-11,14-15,25,27H,3-9,12-13,16-23H2,1-2H3. The summed E-state index contributed by atoms with van der Waals surface area (Å²) >= 11 is 0. The van der Waals surface area contributed by atoms with Crippen molar-refractivity contribution in [2.45, 2.75) is 128 Å². The highest BCUT2D eigenvalue weighted by Gasteiger charge is 2.52.